The quantitative estimate of drug-likeness (QED) is 0.578. The molecule has 1 rings (SSSR count). The number of hydrogen-bond donors (Lipinski definition) is 2. The van der Waals surface area contributed by atoms with Crippen molar-refractivity contribution in [1.82, 2.24) is 0 Å². The van der Waals surface area contributed by atoms with Gasteiger partial charge in [0.2, 0.25) is 0 Å². The lowest BCUT2D eigenvalue weighted by Crippen LogP contribution is -1.91. The fraction of sp³-hybridized carbons (Fsp3) is 0.333. The average Bonchev–Trinajstić information content (AvgIpc) is 2.13. The first kappa shape index (κ1) is 6.74. The summed E-state index contributed by atoms with van der Waals surface area (Å²) in [5.41, 5.74) is 0.940. The highest BCUT2D eigenvalue weighted by Gasteiger charge is 2.05. The van der Waals surface area contributed by atoms with Crippen LogP contribution in [0.3, 0.4) is 0 Å². The lowest BCUT2D eigenvalue weighted by atomic mass is 10.3. The summed E-state index contributed by atoms with van der Waals surface area (Å²) in [5.74, 6) is 0. The van der Waals surface area contributed by atoms with Gasteiger partial charge in [0.15, 0.2) is 6.29 Å². The van der Waals surface area contributed by atoms with Crippen molar-refractivity contribution in [2.75, 3.05) is 0 Å². The van der Waals surface area contributed by atoms with Crippen molar-refractivity contribution in [2.24, 2.45) is 0 Å². The second-order valence-electron chi connectivity index (χ2n) is 1.84. The molecule has 0 saturated heterocycles. The van der Waals surface area contributed by atoms with Gasteiger partial charge >= 0.3 is 0 Å². The molecule has 0 spiro atoms. The molecule has 0 radical (unpaired) electrons. The molecule has 0 unspecified atom stereocenters. The van der Waals surface area contributed by atoms with Crippen molar-refractivity contribution in [1.29, 1.82) is 0 Å². The molecule has 3 heteroatoms. The summed E-state index contributed by atoms with van der Waals surface area (Å²) in [4.78, 5) is 0.634. The topological polar surface area (TPSA) is 40.5 Å². The van der Waals surface area contributed by atoms with Gasteiger partial charge in [0.05, 0.1) is 4.88 Å². The minimum Gasteiger partial charge on any atom is -0.364 e. The van der Waals surface area contributed by atoms with Gasteiger partial charge in [0.1, 0.15) is 0 Å². The van der Waals surface area contributed by atoms with Crippen LogP contribution in [0.25, 0.3) is 0 Å². The molecule has 0 saturated carbocycles. The first-order chi connectivity index (χ1) is 4.22. The van der Waals surface area contributed by atoms with Crippen LogP contribution < -0.4 is 0 Å². The van der Waals surface area contributed by atoms with Crippen molar-refractivity contribution in [3.8, 4) is 0 Å². The number of hydrogen-bond acceptors (Lipinski definition) is 3. The molecule has 2 nitrogen and oxygen atoms in total. The third-order valence-electron chi connectivity index (χ3n) is 1.14. The van der Waals surface area contributed by atoms with Crippen LogP contribution in [0.2, 0.25) is 0 Å². The highest BCUT2D eigenvalue weighted by molar-refractivity contribution is 7.10. The Morgan fingerprint density at radius 2 is 2.22 bits per heavy atom. The van der Waals surface area contributed by atoms with E-state index in [4.69, 9.17) is 10.2 Å². The number of aryl methyl sites for hydroxylation is 1. The van der Waals surface area contributed by atoms with Gasteiger partial charge in [-0.1, -0.05) is 0 Å². The molecule has 0 atom stereocenters. The van der Waals surface area contributed by atoms with Crippen LogP contribution in [0.15, 0.2) is 11.4 Å². The summed E-state index contributed by atoms with van der Waals surface area (Å²) in [6.45, 7) is 1.85. The number of rotatable bonds is 1. The van der Waals surface area contributed by atoms with Crippen LogP contribution in [0, 0.1) is 6.92 Å². The lowest BCUT2D eigenvalue weighted by molar-refractivity contribution is -0.0399. The zero-order valence-electron chi connectivity index (χ0n) is 5.03. The lowest BCUT2D eigenvalue weighted by Gasteiger charge is -1.98. The SMILES string of the molecule is Cc1ccsc1C(O)O. The van der Waals surface area contributed by atoms with Crippen molar-refractivity contribution < 1.29 is 10.2 Å². The highest BCUT2D eigenvalue weighted by Crippen LogP contribution is 2.20. The molecule has 2 N–H and O–H groups in total. The van der Waals surface area contributed by atoms with Gasteiger partial charge in [-0.15, -0.1) is 11.3 Å². The highest BCUT2D eigenvalue weighted by atomic mass is 32.1. The Hall–Kier alpha value is -0.380. The average molecular weight is 144 g/mol. The molecular formula is C6H8O2S. The maximum Gasteiger partial charge on any atom is 0.188 e. The Balaban J connectivity index is 2.94. The summed E-state index contributed by atoms with van der Waals surface area (Å²) >= 11 is 1.36. The molecule has 1 heterocycles. The van der Waals surface area contributed by atoms with E-state index in [1.54, 1.807) is 0 Å². The van der Waals surface area contributed by atoms with Gasteiger partial charge in [-0.2, -0.15) is 0 Å². The zero-order chi connectivity index (χ0) is 6.85. The Bertz CT molecular complexity index is 193. The van der Waals surface area contributed by atoms with Crippen molar-refractivity contribution in [3.05, 3.63) is 21.9 Å². The maximum atomic E-state index is 8.66. The first-order valence-electron chi connectivity index (χ1n) is 2.62. The summed E-state index contributed by atoms with van der Waals surface area (Å²) in [5, 5.41) is 19.2. The van der Waals surface area contributed by atoms with Crippen LogP contribution >= 0.6 is 11.3 Å². The van der Waals surface area contributed by atoms with Crippen LogP contribution in [-0.4, -0.2) is 10.2 Å². The second kappa shape index (κ2) is 2.47. The number of thiophene rings is 1. The fourth-order valence-corrected chi connectivity index (χ4v) is 1.44. The Kier molecular flexibility index (Phi) is 1.85. The summed E-state index contributed by atoms with van der Waals surface area (Å²) in [6.07, 6.45) is -1.30. The van der Waals surface area contributed by atoms with Crippen molar-refractivity contribution in [3.63, 3.8) is 0 Å². The monoisotopic (exact) mass is 144 g/mol. The molecule has 0 aliphatic rings. The number of aliphatic hydroxyl groups excluding tert-OH is 1. The normalized spacial score (nSPS) is 10.7. The first-order valence-corrected chi connectivity index (χ1v) is 3.50. The minimum atomic E-state index is -1.30. The number of aliphatic hydroxyl groups is 2. The van der Waals surface area contributed by atoms with Crippen LogP contribution in [-0.2, 0) is 0 Å². The molecule has 0 fully saturated rings. The van der Waals surface area contributed by atoms with E-state index < -0.39 is 6.29 Å². The van der Waals surface area contributed by atoms with E-state index in [1.165, 1.54) is 11.3 Å². The fourth-order valence-electron chi connectivity index (χ4n) is 0.649. The molecule has 9 heavy (non-hydrogen) atoms. The van der Waals surface area contributed by atoms with E-state index in [-0.39, 0.29) is 0 Å². The van der Waals surface area contributed by atoms with Crippen LogP contribution in [0.4, 0.5) is 0 Å². The molecular weight excluding hydrogens is 136 g/mol. The van der Waals surface area contributed by atoms with Crippen molar-refractivity contribution in [2.45, 2.75) is 13.2 Å². The Morgan fingerprint density at radius 3 is 2.44 bits per heavy atom. The van der Waals surface area contributed by atoms with Gasteiger partial charge < -0.3 is 10.2 Å². The standard InChI is InChI=1S/C6H8O2S/c1-4-2-3-9-5(4)6(7)8/h2-3,6-8H,1H3. The predicted octanol–water partition coefficient (Wildman–Crippen LogP) is 1.04. The van der Waals surface area contributed by atoms with E-state index in [1.807, 2.05) is 18.4 Å². The Labute approximate surface area is 57.4 Å². The van der Waals surface area contributed by atoms with E-state index >= 15 is 0 Å². The molecule has 50 valence electrons. The van der Waals surface area contributed by atoms with E-state index in [9.17, 15) is 0 Å². The van der Waals surface area contributed by atoms with Crippen molar-refractivity contribution >= 4 is 11.3 Å². The van der Waals surface area contributed by atoms with Crippen LogP contribution in [0.5, 0.6) is 0 Å². The third-order valence-corrected chi connectivity index (χ3v) is 2.20. The second-order valence-corrected chi connectivity index (χ2v) is 2.79. The van der Waals surface area contributed by atoms with E-state index in [0.29, 0.717) is 4.88 Å². The molecule has 0 bridgehead atoms. The van der Waals surface area contributed by atoms with Crippen LogP contribution in [0.1, 0.15) is 16.7 Å². The molecule has 1 aromatic heterocycles. The maximum absolute atomic E-state index is 8.66. The molecule has 0 amide bonds. The van der Waals surface area contributed by atoms with Gasteiger partial charge in [0.25, 0.3) is 0 Å². The largest absolute Gasteiger partial charge is 0.364 e. The van der Waals surface area contributed by atoms with Gasteiger partial charge in [-0.25, -0.2) is 0 Å². The molecule has 1 aromatic rings. The summed E-state index contributed by atoms with van der Waals surface area (Å²) < 4.78 is 0. The smallest absolute Gasteiger partial charge is 0.188 e. The molecule has 0 aliphatic carbocycles. The van der Waals surface area contributed by atoms with Gasteiger partial charge in [-0.05, 0) is 23.9 Å². The third kappa shape index (κ3) is 1.30. The molecule has 0 aliphatic heterocycles. The van der Waals surface area contributed by atoms with Gasteiger partial charge in [0, 0.05) is 0 Å². The Morgan fingerprint density at radius 1 is 1.56 bits per heavy atom. The summed E-state index contributed by atoms with van der Waals surface area (Å²) in [6, 6.07) is 1.86. The zero-order valence-corrected chi connectivity index (χ0v) is 5.85. The molecule has 0 aromatic carbocycles. The summed E-state index contributed by atoms with van der Waals surface area (Å²) in [7, 11) is 0. The van der Waals surface area contributed by atoms with E-state index in [0.717, 1.165) is 5.56 Å². The minimum absolute atomic E-state index is 0.634. The van der Waals surface area contributed by atoms with Gasteiger partial charge in [-0.3, -0.25) is 0 Å². The predicted molar refractivity (Wildman–Crippen MR) is 36.2 cm³/mol. The van der Waals surface area contributed by atoms with E-state index in [2.05, 4.69) is 0 Å².